The van der Waals surface area contributed by atoms with Crippen molar-refractivity contribution in [2.24, 2.45) is 0 Å². The Balaban J connectivity index is 1.79. The SMILES string of the molecule is CCC(C)NC(=O)c1cc(NC(=O)Nc2ccc(C)cc2C)ccc1N1CCCC1. The molecule has 0 radical (unpaired) electrons. The molecule has 3 amide bonds. The second-order valence-electron chi connectivity index (χ2n) is 8.11. The summed E-state index contributed by atoms with van der Waals surface area (Å²) in [5.41, 5.74) is 5.03. The second-order valence-corrected chi connectivity index (χ2v) is 8.11. The van der Waals surface area contributed by atoms with Crippen molar-refractivity contribution in [2.75, 3.05) is 28.6 Å². The lowest BCUT2D eigenvalue weighted by atomic mass is 10.1. The molecule has 1 aliphatic rings. The van der Waals surface area contributed by atoms with Gasteiger partial charge in [0.25, 0.3) is 5.91 Å². The highest BCUT2D eigenvalue weighted by Crippen LogP contribution is 2.28. The van der Waals surface area contributed by atoms with Gasteiger partial charge in [0.1, 0.15) is 0 Å². The fraction of sp³-hybridized carbons (Fsp3) is 0.417. The van der Waals surface area contributed by atoms with Gasteiger partial charge >= 0.3 is 6.03 Å². The molecule has 1 aliphatic heterocycles. The number of rotatable bonds is 6. The molecule has 6 heteroatoms. The Labute approximate surface area is 179 Å². The Morgan fingerprint density at radius 2 is 1.77 bits per heavy atom. The molecular weight excluding hydrogens is 376 g/mol. The van der Waals surface area contributed by atoms with E-state index in [1.807, 2.05) is 58.0 Å². The monoisotopic (exact) mass is 408 g/mol. The number of hydrogen-bond donors (Lipinski definition) is 3. The van der Waals surface area contributed by atoms with E-state index in [1.54, 1.807) is 6.07 Å². The molecule has 3 N–H and O–H groups in total. The summed E-state index contributed by atoms with van der Waals surface area (Å²) in [5, 5.41) is 8.80. The minimum absolute atomic E-state index is 0.0911. The number of carbonyl (C=O) groups is 2. The molecule has 0 aromatic heterocycles. The first kappa shape index (κ1) is 21.7. The molecule has 0 saturated carbocycles. The van der Waals surface area contributed by atoms with E-state index in [1.165, 1.54) is 0 Å². The van der Waals surface area contributed by atoms with Crippen molar-refractivity contribution in [3.8, 4) is 0 Å². The molecule has 1 atom stereocenters. The third kappa shape index (κ3) is 5.32. The van der Waals surface area contributed by atoms with Gasteiger partial charge in [-0.2, -0.15) is 0 Å². The lowest BCUT2D eigenvalue weighted by molar-refractivity contribution is 0.0939. The Kier molecular flexibility index (Phi) is 6.98. The lowest BCUT2D eigenvalue weighted by Crippen LogP contribution is -2.33. The largest absolute Gasteiger partial charge is 0.371 e. The first-order chi connectivity index (χ1) is 14.4. The Morgan fingerprint density at radius 1 is 1.03 bits per heavy atom. The number of carbonyl (C=O) groups excluding carboxylic acids is 2. The zero-order chi connectivity index (χ0) is 21.7. The molecule has 30 heavy (non-hydrogen) atoms. The molecule has 1 unspecified atom stereocenters. The van der Waals surface area contributed by atoms with Crippen LogP contribution in [0.2, 0.25) is 0 Å². The van der Waals surface area contributed by atoms with Gasteiger partial charge in [0.05, 0.1) is 5.56 Å². The third-order valence-corrected chi connectivity index (χ3v) is 5.57. The van der Waals surface area contributed by atoms with E-state index in [-0.39, 0.29) is 18.0 Å². The number of nitrogens with zero attached hydrogens (tertiary/aromatic N) is 1. The fourth-order valence-electron chi connectivity index (χ4n) is 3.67. The van der Waals surface area contributed by atoms with Crippen LogP contribution in [0, 0.1) is 13.8 Å². The van der Waals surface area contributed by atoms with Crippen molar-refractivity contribution in [1.29, 1.82) is 0 Å². The first-order valence-electron chi connectivity index (χ1n) is 10.7. The van der Waals surface area contributed by atoms with Crippen LogP contribution in [-0.4, -0.2) is 31.1 Å². The average Bonchev–Trinajstić information content (AvgIpc) is 3.24. The van der Waals surface area contributed by atoms with Crippen molar-refractivity contribution in [3.05, 3.63) is 53.1 Å². The van der Waals surface area contributed by atoms with Crippen LogP contribution >= 0.6 is 0 Å². The maximum atomic E-state index is 12.9. The summed E-state index contributed by atoms with van der Waals surface area (Å²) >= 11 is 0. The number of urea groups is 1. The molecule has 160 valence electrons. The molecule has 2 aromatic rings. The van der Waals surface area contributed by atoms with Crippen molar-refractivity contribution < 1.29 is 9.59 Å². The van der Waals surface area contributed by atoms with Crippen LogP contribution in [0.25, 0.3) is 0 Å². The minimum atomic E-state index is -0.329. The summed E-state index contributed by atoms with van der Waals surface area (Å²) in [6, 6.07) is 11.2. The van der Waals surface area contributed by atoms with Crippen molar-refractivity contribution in [3.63, 3.8) is 0 Å². The van der Waals surface area contributed by atoms with E-state index < -0.39 is 0 Å². The molecule has 0 spiro atoms. The van der Waals surface area contributed by atoms with Crippen molar-refractivity contribution >= 4 is 29.0 Å². The molecule has 1 heterocycles. The molecule has 3 rings (SSSR count). The van der Waals surface area contributed by atoms with Gasteiger partial charge < -0.3 is 20.9 Å². The molecule has 6 nitrogen and oxygen atoms in total. The van der Waals surface area contributed by atoms with Crippen LogP contribution in [0.5, 0.6) is 0 Å². The number of aryl methyl sites for hydroxylation is 2. The summed E-state index contributed by atoms with van der Waals surface area (Å²) < 4.78 is 0. The lowest BCUT2D eigenvalue weighted by Gasteiger charge is -2.23. The van der Waals surface area contributed by atoms with Gasteiger partial charge in [-0.3, -0.25) is 4.79 Å². The number of hydrogen-bond acceptors (Lipinski definition) is 3. The highest BCUT2D eigenvalue weighted by molar-refractivity contribution is 6.04. The summed E-state index contributed by atoms with van der Waals surface area (Å²) in [7, 11) is 0. The Hall–Kier alpha value is -3.02. The van der Waals surface area contributed by atoms with Crippen molar-refractivity contribution in [2.45, 2.75) is 53.0 Å². The predicted octanol–water partition coefficient (Wildman–Crippen LogP) is 5.08. The van der Waals surface area contributed by atoms with Crippen LogP contribution in [0.15, 0.2) is 36.4 Å². The number of benzene rings is 2. The van der Waals surface area contributed by atoms with Crippen molar-refractivity contribution in [1.82, 2.24) is 5.32 Å². The van der Waals surface area contributed by atoms with Gasteiger partial charge in [0.15, 0.2) is 0 Å². The zero-order valence-corrected chi connectivity index (χ0v) is 18.3. The minimum Gasteiger partial charge on any atom is -0.371 e. The van der Waals surface area contributed by atoms with Crippen LogP contribution in [0.4, 0.5) is 21.9 Å². The van der Waals surface area contributed by atoms with Gasteiger partial charge in [-0.05, 0) is 69.9 Å². The van der Waals surface area contributed by atoms with E-state index in [0.717, 1.165) is 54.9 Å². The normalized spacial score (nSPS) is 14.3. The predicted molar refractivity (Wildman–Crippen MR) is 124 cm³/mol. The van der Waals surface area contributed by atoms with E-state index >= 15 is 0 Å². The maximum absolute atomic E-state index is 12.9. The average molecular weight is 409 g/mol. The smallest absolute Gasteiger partial charge is 0.323 e. The molecule has 1 fully saturated rings. The third-order valence-electron chi connectivity index (χ3n) is 5.57. The highest BCUT2D eigenvalue weighted by Gasteiger charge is 2.21. The molecule has 0 bridgehead atoms. The van der Waals surface area contributed by atoms with E-state index in [9.17, 15) is 9.59 Å². The number of nitrogens with one attached hydrogen (secondary N) is 3. The molecular formula is C24H32N4O2. The Morgan fingerprint density at radius 3 is 2.43 bits per heavy atom. The van der Waals surface area contributed by atoms with Gasteiger partial charge in [0.2, 0.25) is 0 Å². The maximum Gasteiger partial charge on any atom is 0.323 e. The van der Waals surface area contributed by atoms with Crippen LogP contribution in [0.1, 0.15) is 54.6 Å². The molecule has 1 saturated heterocycles. The number of anilines is 3. The van der Waals surface area contributed by atoms with Gasteiger partial charge in [-0.15, -0.1) is 0 Å². The summed E-state index contributed by atoms with van der Waals surface area (Å²) in [6.45, 7) is 9.91. The standard InChI is InChI=1S/C24H32N4O2/c1-5-18(4)25-23(29)20-15-19(9-11-22(20)28-12-6-7-13-28)26-24(30)27-21-10-8-16(2)14-17(21)3/h8-11,14-15,18H,5-7,12-13H2,1-4H3,(H,25,29)(H2,26,27,30). The van der Waals surface area contributed by atoms with Crippen LogP contribution in [0.3, 0.4) is 0 Å². The molecule has 2 aromatic carbocycles. The quantitative estimate of drug-likeness (QED) is 0.624. The summed E-state index contributed by atoms with van der Waals surface area (Å²) in [5.74, 6) is -0.107. The van der Waals surface area contributed by atoms with E-state index in [0.29, 0.717) is 11.3 Å². The first-order valence-corrected chi connectivity index (χ1v) is 10.7. The zero-order valence-electron chi connectivity index (χ0n) is 18.3. The summed E-state index contributed by atoms with van der Waals surface area (Å²) in [6.07, 6.45) is 3.12. The second kappa shape index (κ2) is 9.65. The van der Waals surface area contributed by atoms with Gasteiger partial charge in [-0.1, -0.05) is 24.6 Å². The summed E-state index contributed by atoms with van der Waals surface area (Å²) in [4.78, 5) is 27.7. The van der Waals surface area contributed by atoms with E-state index in [2.05, 4.69) is 20.9 Å². The highest BCUT2D eigenvalue weighted by atomic mass is 16.2. The molecule has 0 aliphatic carbocycles. The van der Waals surface area contributed by atoms with Crippen LogP contribution < -0.4 is 20.9 Å². The van der Waals surface area contributed by atoms with Gasteiger partial charge in [-0.25, -0.2) is 4.79 Å². The number of amides is 3. The fourth-order valence-corrected chi connectivity index (χ4v) is 3.67. The topological polar surface area (TPSA) is 73.5 Å². The Bertz CT molecular complexity index is 919. The van der Waals surface area contributed by atoms with Crippen LogP contribution in [-0.2, 0) is 0 Å². The van der Waals surface area contributed by atoms with E-state index in [4.69, 9.17) is 0 Å². The van der Waals surface area contributed by atoms with Gasteiger partial charge in [0, 0.05) is 36.2 Å².